The highest BCUT2D eigenvalue weighted by atomic mass is 35.5. The van der Waals surface area contributed by atoms with E-state index in [0.717, 1.165) is 0 Å². The molecule has 5 heteroatoms. The van der Waals surface area contributed by atoms with Gasteiger partial charge in [-0.15, -0.1) is 11.6 Å². The fourth-order valence-corrected chi connectivity index (χ4v) is 0.667. The Kier molecular flexibility index (Phi) is 5.74. The third-order valence-electron chi connectivity index (χ3n) is 0.530. The molecule has 0 aliphatic heterocycles. The highest BCUT2D eigenvalue weighted by Crippen LogP contribution is 1.80. The smallest absolute Gasteiger partial charge is 0.0235 e. The van der Waals surface area contributed by atoms with Crippen molar-refractivity contribution in [1.29, 1.82) is 0 Å². The molecule has 0 heterocycles. The van der Waals surface area contributed by atoms with Crippen LogP contribution >= 0.6 is 11.6 Å². The maximum atomic E-state index is 9.72. The SMILES string of the molecule is O=S([O-])NCCCCl. The highest BCUT2D eigenvalue weighted by Gasteiger charge is 1.81. The molecule has 1 unspecified atom stereocenters. The van der Waals surface area contributed by atoms with Gasteiger partial charge in [-0.2, -0.15) is 0 Å². The number of nitrogens with one attached hydrogen (secondary N) is 1. The molecule has 0 saturated heterocycles. The first-order chi connectivity index (χ1) is 3.77. The van der Waals surface area contributed by atoms with Crippen molar-refractivity contribution in [2.24, 2.45) is 0 Å². The lowest BCUT2D eigenvalue weighted by molar-refractivity contribution is 0.522. The summed E-state index contributed by atoms with van der Waals surface area (Å²) in [5.74, 6) is 0.490. The second-order valence-electron chi connectivity index (χ2n) is 1.17. The van der Waals surface area contributed by atoms with Gasteiger partial charge in [0.2, 0.25) is 0 Å². The lowest BCUT2D eigenvalue weighted by atomic mass is 10.5. The van der Waals surface area contributed by atoms with Crippen molar-refractivity contribution in [3.05, 3.63) is 0 Å². The van der Waals surface area contributed by atoms with E-state index in [1.54, 1.807) is 0 Å². The number of rotatable bonds is 4. The Bertz CT molecular complexity index is 79.7. The fourth-order valence-electron chi connectivity index (χ4n) is 0.222. The van der Waals surface area contributed by atoms with Crippen molar-refractivity contribution >= 4 is 22.9 Å². The molecule has 1 N–H and O–H groups in total. The summed E-state index contributed by atoms with van der Waals surface area (Å²) >= 11 is 3.12. The quantitative estimate of drug-likeness (QED) is 0.354. The van der Waals surface area contributed by atoms with Gasteiger partial charge in [0, 0.05) is 23.7 Å². The molecule has 50 valence electrons. The third-order valence-corrected chi connectivity index (χ3v) is 1.24. The molecule has 0 amide bonds. The molecule has 0 aliphatic carbocycles. The van der Waals surface area contributed by atoms with E-state index in [4.69, 9.17) is 11.6 Å². The summed E-state index contributed by atoms with van der Waals surface area (Å²) in [6, 6.07) is 0. The largest absolute Gasteiger partial charge is 0.760 e. The van der Waals surface area contributed by atoms with Crippen LogP contribution in [0.15, 0.2) is 0 Å². The first-order valence-electron chi connectivity index (χ1n) is 2.16. The summed E-state index contributed by atoms with van der Waals surface area (Å²) < 4.78 is 21.6. The van der Waals surface area contributed by atoms with Crippen LogP contribution in [0, 0.1) is 0 Å². The monoisotopic (exact) mass is 156 g/mol. The molecule has 0 aromatic heterocycles. The van der Waals surface area contributed by atoms with Crippen molar-refractivity contribution in [3.8, 4) is 0 Å². The predicted molar refractivity (Wildman–Crippen MR) is 32.3 cm³/mol. The molecule has 0 rings (SSSR count). The topological polar surface area (TPSA) is 52.2 Å². The minimum absolute atomic E-state index is 0.430. The molecule has 0 radical (unpaired) electrons. The molecular formula is C3H7ClNO2S-. The van der Waals surface area contributed by atoms with E-state index in [0.29, 0.717) is 18.8 Å². The molecule has 0 fully saturated rings. The van der Waals surface area contributed by atoms with Gasteiger partial charge in [-0.1, -0.05) is 0 Å². The van der Waals surface area contributed by atoms with Crippen LogP contribution in [0.25, 0.3) is 0 Å². The summed E-state index contributed by atoms with van der Waals surface area (Å²) in [4.78, 5) is 0. The minimum atomic E-state index is -2.13. The van der Waals surface area contributed by atoms with E-state index in [2.05, 4.69) is 4.72 Å². The van der Waals surface area contributed by atoms with Crippen molar-refractivity contribution in [2.45, 2.75) is 6.42 Å². The van der Waals surface area contributed by atoms with E-state index in [9.17, 15) is 8.76 Å². The first-order valence-corrected chi connectivity index (χ1v) is 3.77. The number of halogens is 1. The Morgan fingerprint density at radius 1 is 1.75 bits per heavy atom. The summed E-state index contributed by atoms with van der Waals surface area (Å²) in [7, 11) is 0. The van der Waals surface area contributed by atoms with Crippen LogP contribution in [-0.2, 0) is 11.3 Å². The van der Waals surface area contributed by atoms with Crippen LogP contribution < -0.4 is 4.72 Å². The van der Waals surface area contributed by atoms with Crippen molar-refractivity contribution in [3.63, 3.8) is 0 Å². The van der Waals surface area contributed by atoms with E-state index in [-0.39, 0.29) is 0 Å². The first kappa shape index (κ1) is 8.36. The van der Waals surface area contributed by atoms with Gasteiger partial charge in [0.25, 0.3) is 0 Å². The summed E-state index contributed by atoms with van der Waals surface area (Å²) in [5.41, 5.74) is 0. The number of hydrogen-bond acceptors (Lipinski definition) is 2. The molecule has 3 nitrogen and oxygen atoms in total. The van der Waals surface area contributed by atoms with Crippen LogP contribution in [0.5, 0.6) is 0 Å². The van der Waals surface area contributed by atoms with Gasteiger partial charge in [0.05, 0.1) is 0 Å². The van der Waals surface area contributed by atoms with Crippen molar-refractivity contribution in [2.75, 3.05) is 12.4 Å². The predicted octanol–water partition coefficient (Wildman–Crippen LogP) is -0.00100. The Labute approximate surface area is 55.8 Å². The summed E-state index contributed by atoms with van der Waals surface area (Å²) in [6.45, 7) is 0.430. The fraction of sp³-hybridized carbons (Fsp3) is 1.00. The zero-order valence-corrected chi connectivity index (χ0v) is 5.80. The number of alkyl halides is 1. The van der Waals surface area contributed by atoms with Crippen LogP contribution in [-0.4, -0.2) is 21.2 Å². The Morgan fingerprint density at radius 2 is 2.38 bits per heavy atom. The van der Waals surface area contributed by atoms with Gasteiger partial charge in [0.15, 0.2) is 0 Å². The van der Waals surface area contributed by atoms with Crippen molar-refractivity contribution < 1.29 is 8.76 Å². The maximum absolute atomic E-state index is 9.72. The third kappa shape index (κ3) is 6.36. The second kappa shape index (κ2) is 5.50. The maximum Gasteiger partial charge on any atom is 0.0235 e. The van der Waals surface area contributed by atoms with Crippen LogP contribution in [0.3, 0.4) is 0 Å². The molecule has 0 aliphatic rings. The zero-order chi connectivity index (χ0) is 6.41. The second-order valence-corrected chi connectivity index (χ2v) is 2.31. The molecule has 8 heavy (non-hydrogen) atoms. The van der Waals surface area contributed by atoms with Gasteiger partial charge in [-0.3, -0.25) is 4.21 Å². The normalized spacial score (nSPS) is 13.8. The minimum Gasteiger partial charge on any atom is -0.760 e. The van der Waals surface area contributed by atoms with Gasteiger partial charge in [-0.25, -0.2) is 4.72 Å². The molecule has 0 bridgehead atoms. The van der Waals surface area contributed by atoms with E-state index in [1.807, 2.05) is 0 Å². The average Bonchev–Trinajstić information content (AvgIpc) is 1.66. The molecule has 0 aromatic carbocycles. The standard InChI is InChI=1S/C3H8ClNO2S/c4-2-1-3-5-8(6)7/h5H,1-3H2,(H,6,7)/p-1. The van der Waals surface area contributed by atoms with Gasteiger partial charge < -0.3 is 4.55 Å². The van der Waals surface area contributed by atoms with Crippen LogP contribution in [0.2, 0.25) is 0 Å². The summed E-state index contributed by atoms with van der Waals surface area (Å²) in [5, 5.41) is 0. The zero-order valence-electron chi connectivity index (χ0n) is 4.22. The average molecular weight is 157 g/mol. The van der Waals surface area contributed by atoms with Gasteiger partial charge in [-0.05, 0) is 6.42 Å². The van der Waals surface area contributed by atoms with E-state index < -0.39 is 11.3 Å². The lowest BCUT2D eigenvalue weighted by Crippen LogP contribution is -2.17. The van der Waals surface area contributed by atoms with Gasteiger partial charge in [0.1, 0.15) is 0 Å². The Hall–Kier alpha value is 0.360. The lowest BCUT2D eigenvalue weighted by Gasteiger charge is -2.03. The Balaban J connectivity index is 2.82. The van der Waals surface area contributed by atoms with E-state index in [1.165, 1.54) is 0 Å². The van der Waals surface area contributed by atoms with E-state index >= 15 is 0 Å². The molecule has 0 spiro atoms. The summed E-state index contributed by atoms with van der Waals surface area (Å²) in [6.07, 6.45) is 0.676. The molecular weight excluding hydrogens is 150 g/mol. The van der Waals surface area contributed by atoms with Crippen LogP contribution in [0.4, 0.5) is 0 Å². The Morgan fingerprint density at radius 3 is 2.75 bits per heavy atom. The van der Waals surface area contributed by atoms with Gasteiger partial charge >= 0.3 is 0 Å². The van der Waals surface area contributed by atoms with Crippen LogP contribution in [0.1, 0.15) is 6.42 Å². The van der Waals surface area contributed by atoms with Crippen molar-refractivity contribution in [1.82, 2.24) is 4.72 Å². The molecule has 0 aromatic rings. The molecule has 0 saturated carbocycles. The highest BCUT2D eigenvalue weighted by molar-refractivity contribution is 7.77. The molecule has 1 atom stereocenters. The number of hydrogen-bond donors (Lipinski definition) is 1.